The van der Waals surface area contributed by atoms with Crippen LogP contribution in [0.25, 0.3) is 0 Å². The Hall–Kier alpha value is -1.62. The van der Waals surface area contributed by atoms with Crippen LogP contribution in [0, 0.1) is 0 Å². The lowest BCUT2D eigenvalue weighted by Crippen LogP contribution is -2.34. The minimum atomic E-state index is -0.671. The van der Waals surface area contributed by atoms with Gasteiger partial charge < -0.3 is 14.4 Å². The lowest BCUT2D eigenvalue weighted by Gasteiger charge is -2.23. The van der Waals surface area contributed by atoms with Crippen LogP contribution in [0.3, 0.4) is 0 Å². The van der Waals surface area contributed by atoms with E-state index >= 15 is 0 Å². The molecule has 1 heterocycles. The van der Waals surface area contributed by atoms with Crippen molar-refractivity contribution in [2.24, 2.45) is 0 Å². The van der Waals surface area contributed by atoms with Gasteiger partial charge >= 0.3 is 5.97 Å². The highest BCUT2D eigenvalue weighted by Gasteiger charge is 2.23. The highest BCUT2D eigenvalue weighted by atomic mass is 16.6. The van der Waals surface area contributed by atoms with Crippen LogP contribution >= 0.6 is 0 Å². The first-order valence-corrected chi connectivity index (χ1v) is 6.80. The zero-order chi connectivity index (χ0) is 15.3. The van der Waals surface area contributed by atoms with Crippen molar-refractivity contribution in [2.45, 2.75) is 52.2 Å². The Balaban J connectivity index is 2.96. The maximum Gasteiger partial charge on any atom is 0.329 e. The smallest absolute Gasteiger partial charge is 0.329 e. The number of hydrogen-bond donors (Lipinski definition) is 1. The van der Waals surface area contributed by atoms with Crippen molar-refractivity contribution >= 4 is 5.97 Å². The number of aliphatic hydroxyl groups excluding tert-OH is 1. The molecule has 5 nitrogen and oxygen atoms in total. The van der Waals surface area contributed by atoms with E-state index in [0.29, 0.717) is 18.4 Å². The van der Waals surface area contributed by atoms with Gasteiger partial charge in [0.2, 0.25) is 0 Å². The van der Waals surface area contributed by atoms with Gasteiger partial charge in [0.05, 0.1) is 0 Å². The van der Waals surface area contributed by atoms with E-state index in [2.05, 4.69) is 0 Å². The summed E-state index contributed by atoms with van der Waals surface area (Å²) in [6.45, 7) is 7.05. The number of ether oxygens (including phenoxy) is 1. The number of aromatic nitrogens is 1. The summed E-state index contributed by atoms with van der Waals surface area (Å²) in [6.07, 6.45) is 2.61. The summed E-state index contributed by atoms with van der Waals surface area (Å²) in [5, 5.41) is 8.83. The van der Waals surface area contributed by atoms with E-state index in [1.807, 2.05) is 0 Å². The molecule has 0 aliphatic rings. The van der Waals surface area contributed by atoms with Crippen LogP contribution in [0.1, 0.15) is 45.7 Å². The van der Waals surface area contributed by atoms with E-state index < -0.39 is 17.6 Å². The Bertz CT molecular complexity index is 513. The van der Waals surface area contributed by atoms with Gasteiger partial charge in [0.25, 0.3) is 5.56 Å². The SMILES string of the molecule is CC(C(=O)OC(C)(C)C)n1cccc(CCCO)c1=O. The van der Waals surface area contributed by atoms with Gasteiger partial charge in [-0.3, -0.25) is 4.79 Å². The number of esters is 1. The van der Waals surface area contributed by atoms with Crippen molar-refractivity contribution in [3.63, 3.8) is 0 Å². The number of aryl methyl sites for hydroxylation is 1. The van der Waals surface area contributed by atoms with E-state index in [-0.39, 0.29) is 12.2 Å². The second-order valence-corrected chi connectivity index (χ2v) is 5.78. The predicted octanol–water partition coefficient (Wildman–Crippen LogP) is 1.68. The maximum atomic E-state index is 12.3. The molecule has 0 aliphatic heterocycles. The number of nitrogens with zero attached hydrogens (tertiary/aromatic N) is 1. The molecule has 1 aromatic heterocycles. The molecular weight excluding hydrogens is 258 g/mol. The van der Waals surface area contributed by atoms with E-state index in [1.54, 1.807) is 46.0 Å². The van der Waals surface area contributed by atoms with Gasteiger partial charge in [-0.05, 0) is 46.6 Å². The van der Waals surface area contributed by atoms with Gasteiger partial charge in [0.1, 0.15) is 11.6 Å². The first-order valence-electron chi connectivity index (χ1n) is 6.80. The lowest BCUT2D eigenvalue weighted by atomic mass is 10.1. The third-order valence-electron chi connectivity index (χ3n) is 2.82. The summed E-state index contributed by atoms with van der Waals surface area (Å²) < 4.78 is 6.67. The third kappa shape index (κ3) is 4.49. The molecule has 0 aliphatic carbocycles. The molecule has 1 N–H and O–H groups in total. The highest BCUT2D eigenvalue weighted by molar-refractivity contribution is 5.74. The van der Waals surface area contributed by atoms with Crippen molar-refractivity contribution in [3.05, 3.63) is 34.2 Å². The van der Waals surface area contributed by atoms with Crippen molar-refractivity contribution < 1.29 is 14.6 Å². The Morgan fingerprint density at radius 3 is 2.65 bits per heavy atom. The van der Waals surface area contributed by atoms with Crippen LogP contribution in [0.15, 0.2) is 23.1 Å². The molecule has 0 saturated carbocycles. The van der Waals surface area contributed by atoms with Crippen LogP contribution in [0.5, 0.6) is 0 Å². The molecule has 0 radical (unpaired) electrons. The Kier molecular flexibility index (Phi) is 5.51. The van der Waals surface area contributed by atoms with E-state index in [4.69, 9.17) is 9.84 Å². The standard InChI is InChI=1S/C15H23NO4/c1-11(14(19)20-15(2,3)4)16-9-5-7-12(13(16)18)8-6-10-17/h5,7,9,11,17H,6,8,10H2,1-4H3. The molecule has 1 rings (SSSR count). The van der Waals surface area contributed by atoms with Gasteiger partial charge in [0, 0.05) is 18.4 Å². The Labute approximate surface area is 119 Å². The molecule has 1 unspecified atom stereocenters. The van der Waals surface area contributed by atoms with Crippen LogP contribution in [-0.4, -0.2) is 27.9 Å². The number of rotatable bonds is 5. The van der Waals surface area contributed by atoms with Crippen molar-refractivity contribution in [2.75, 3.05) is 6.61 Å². The van der Waals surface area contributed by atoms with Crippen LogP contribution in [0.4, 0.5) is 0 Å². The molecule has 0 amide bonds. The van der Waals surface area contributed by atoms with Crippen LogP contribution < -0.4 is 5.56 Å². The van der Waals surface area contributed by atoms with E-state index in [9.17, 15) is 9.59 Å². The normalized spacial score (nSPS) is 13.1. The molecule has 0 aromatic carbocycles. The minimum Gasteiger partial charge on any atom is -0.458 e. The van der Waals surface area contributed by atoms with Crippen LogP contribution in [-0.2, 0) is 16.0 Å². The maximum absolute atomic E-state index is 12.3. The summed E-state index contributed by atoms with van der Waals surface area (Å²) in [7, 11) is 0. The molecule has 112 valence electrons. The summed E-state index contributed by atoms with van der Waals surface area (Å²) in [5.41, 5.74) is -0.194. The fourth-order valence-electron chi connectivity index (χ4n) is 1.82. The fraction of sp³-hybridized carbons (Fsp3) is 0.600. The van der Waals surface area contributed by atoms with Crippen molar-refractivity contribution in [1.82, 2.24) is 4.57 Å². The third-order valence-corrected chi connectivity index (χ3v) is 2.82. The van der Waals surface area contributed by atoms with Crippen molar-refractivity contribution in [1.29, 1.82) is 0 Å². The lowest BCUT2D eigenvalue weighted by molar-refractivity contribution is -0.158. The quantitative estimate of drug-likeness (QED) is 0.834. The molecule has 0 bridgehead atoms. The predicted molar refractivity (Wildman–Crippen MR) is 76.7 cm³/mol. The summed E-state index contributed by atoms with van der Waals surface area (Å²) in [5.74, 6) is -0.432. The summed E-state index contributed by atoms with van der Waals surface area (Å²) in [6, 6.07) is 2.78. The monoisotopic (exact) mass is 281 g/mol. The second-order valence-electron chi connectivity index (χ2n) is 5.78. The molecule has 0 saturated heterocycles. The van der Waals surface area contributed by atoms with Gasteiger partial charge in [-0.1, -0.05) is 6.07 Å². The number of hydrogen-bond acceptors (Lipinski definition) is 4. The van der Waals surface area contributed by atoms with Gasteiger partial charge in [-0.15, -0.1) is 0 Å². The van der Waals surface area contributed by atoms with Gasteiger partial charge in [-0.2, -0.15) is 0 Å². The Morgan fingerprint density at radius 1 is 1.45 bits per heavy atom. The molecule has 0 spiro atoms. The average Bonchev–Trinajstić information content (AvgIpc) is 2.34. The molecule has 20 heavy (non-hydrogen) atoms. The zero-order valence-electron chi connectivity index (χ0n) is 12.5. The molecule has 0 fully saturated rings. The fourth-order valence-corrected chi connectivity index (χ4v) is 1.82. The summed E-state index contributed by atoms with van der Waals surface area (Å²) in [4.78, 5) is 24.3. The number of pyridine rings is 1. The van der Waals surface area contributed by atoms with E-state index in [1.165, 1.54) is 4.57 Å². The van der Waals surface area contributed by atoms with Gasteiger partial charge in [0.15, 0.2) is 0 Å². The number of carbonyl (C=O) groups excluding carboxylic acids is 1. The number of carbonyl (C=O) groups is 1. The van der Waals surface area contributed by atoms with Crippen LogP contribution in [0.2, 0.25) is 0 Å². The molecule has 1 atom stereocenters. The topological polar surface area (TPSA) is 68.5 Å². The molecule has 1 aromatic rings. The second kappa shape index (κ2) is 6.70. The van der Waals surface area contributed by atoms with E-state index in [0.717, 1.165) is 0 Å². The first-order chi connectivity index (χ1) is 9.26. The van der Waals surface area contributed by atoms with Crippen molar-refractivity contribution in [3.8, 4) is 0 Å². The molecule has 5 heteroatoms. The Morgan fingerprint density at radius 2 is 2.10 bits per heavy atom. The first kappa shape index (κ1) is 16.4. The largest absolute Gasteiger partial charge is 0.458 e. The number of aliphatic hydroxyl groups is 1. The van der Waals surface area contributed by atoms with Gasteiger partial charge in [-0.25, -0.2) is 4.79 Å². The highest BCUT2D eigenvalue weighted by Crippen LogP contribution is 2.13. The summed E-state index contributed by atoms with van der Waals surface area (Å²) >= 11 is 0. The average molecular weight is 281 g/mol. The zero-order valence-corrected chi connectivity index (χ0v) is 12.5. The molecular formula is C15H23NO4. The minimum absolute atomic E-state index is 0.0377.